The van der Waals surface area contributed by atoms with E-state index in [0.717, 1.165) is 9.80 Å². The molecule has 2 aromatic rings. The summed E-state index contributed by atoms with van der Waals surface area (Å²) < 4.78 is 1.66. The van der Waals surface area contributed by atoms with Crippen LogP contribution in [0, 0.1) is 21.4 Å². The van der Waals surface area contributed by atoms with Crippen LogP contribution in [-0.4, -0.2) is 162 Å². The summed E-state index contributed by atoms with van der Waals surface area (Å²) in [4.78, 5) is 67.6. The fourth-order valence-corrected chi connectivity index (χ4v) is 14.4. The molecule has 0 bridgehead atoms. The standard InChI is InChI=1S/C32H40I6N6O13/c33-22-16(5-41-14(8-47)9-48)23(34)28(25(36)19(22)30(55)39-1-3-45)43(12-51)6-17(53)18(54)7-44(13-52)29-26(37)20(31(56)40-2-4-46)24(35)21(27(29)38)32(57)42-15(10-49)11-50/h12-15,17-18,41,45-50,53-54H,1-11H2,(H,39,55)(H,40,56)(H,42,57). The van der Waals surface area contributed by atoms with Gasteiger partial charge in [0.1, 0.15) is 0 Å². The molecule has 12 N–H and O–H groups in total. The molecule has 2 atom stereocenters. The molecule has 0 aliphatic carbocycles. The molecule has 0 aliphatic heterocycles. The first-order valence-electron chi connectivity index (χ1n) is 16.5. The van der Waals surface area contributed by atoms with Gasteiger partial charge in [-0.3, -0.25) is 24.0 Å². The Labute approximate surface area is 408 Å². The molecule has 2 rings (SSSR count). The van der Waals surface area contributed by atoms with Gasteiger partial charge in [0.25, 0.3) is 17.7 Å². The third-order valence-electron chi connectivity index (χ3n) is 7.98. The number of nitrogens with one attached hydrogen (secondary N) is 4. The minimum absolute atomic E-state index is 0.00424. The van der Waals surface area contributed by atoms with E-state index in [1.165, 1.54) is 0 Å². The molecule has 2 unspecified atom stereocenters. The molecule has 0 aromatic heterocycles. The number of hydrogen-bond donors (Lipinski definition) is 12. The fourth-order valence-electron chi connectivity index (χ4n) is 4.99. The van der Waals surface area contributed by atoms with Crippen LogP contribution < -0.4 is 31.1 Å². The van der Waals surface area contributed by atoms with Crippen molar-refractivity contribution < 1.29 is 64.8 Å². The van der Waals surface area contributed by atoms with E-state index in [1.807, 2.05) is 67.8 Å². The number of aliphatic hydroxyl groups is 8. The highest BCUT2D eigenvalue weighted by Crippen LogP contribution is 2.39. The highest BCUT2D eigenvalue weighted by atomic mass is 127. The van der Waals surface area contributed by atoms with Crippen LogP contribution in [0.4, 0.5) is 11.4 Å². The maximum atomic E-state index is 13.5. The Balaban J connectivity index is 2.66. The highest BCUT2D eigenvalue weighted by Gasteiger charge is 2.34. The van der Waals surface area contributed by atoms with Gasteiger partial charge in [-0.2, -0.15) is 0 Å². The van der Waals surface area contributed by atoms with Crippen molar-refractivity contribution in [2.45, 2.75) is 30.8 Å². The Bertz CT molecular complexity index is 1760. The molecule has 0 saturated heterocycles. The second-order valence-corrected chi connectivity index (χ2v) is 18.2. The smallest absolute Gasteiger partial charge is 0.253 e. The van der Waals surface area contributed by atoms with E-state index in [1.54, 1.807) is 67.8 Å². The van der Waals surface area contributed by atoms with Crippen LogP contribution >= 0.6 is 136 Å². The van der Waals surface area contributed by atoms with Crippen molar-refractivity contribution in [3.05, 3.63) is 43.7 Å². The largest absolute Gasteiger partial charge is 0.395 e. The zero-order chi connectivity index (χ0) is 43.1. The van der Waals surface area contributed by atoms with E-state index in [4.69, 9.17) is 0 Å². The maximum Gasteiger partial charge on any atom is 0.253 e. The van der Waals surface area contributed by atoms with Crippen molar-refractivity contribution in [2.24, 2.45) is 0 Å². The molecule has 0 spiro atoms. The number of rotatable bonds is 24. The van der Waals surface area contributed by atoms with Gasteiger partial charge in [0, 0.05) is 30.3 Å². The Kier molecular flexibility index (Phi) is 24.5. The SMILES string of the molecule is O=CN(CC(O)C(O)CN(C=O)c1c(I)c(C(=O)NCCO)c(I)c(C(=O)NC(CO)CO)c1I)c1c(I)c(CNC(CO)CO)c(I)c(C(=O)NCCO)c1I. The van der Waals surface area contributed by atoms with Crippen LogP contribution in [0.2, 0.25) is 0 Å². The summed E-state index contributed by atoms with van der Waals surface area (Å²) in [5.74, 6) is -2.08. The van der Waals surface area contributed by atoms with E-state index in [0.29, 0.717) is 25.5 Å². The highest BCUT2D eigenvalue weighted by molar-refractivity contribution is 14.1. The summed E-state index contributed by atoms with van der Waals surface area (Å²) in [5, 5.41) is 90.2. The lowest BCUT2D eigenvalue weighted by Crippen LogP contribution is -2.46. The summed E-state index contributed by atoms with van der Waals surface area (Å²) >= 11 is 11.1. The van der Waals surface area contributed by atoms with Gasteiger partial charge in [-0.25, -0.2) is 0 Å². The molecule has 19 nitrogen and oxygen atoms in total. The molecule has 0 radical (unpaired) electrons. The molecule has 57 heavy (non-hydrogen) atoms. The molecule has 0 saturated carbocycles. The predicted octanol–water partition coefficient (Wildman–Crippen LogP) is -1.37. The molecule has 0 fully saturated rings. The van der Waals surface area contributed by atoms with Crippen molar-refractivity contribution in [3.63, 3.8) is 0 Å². The Morgan fingerprint density at radius 2 is 0.947 bits per heavy atom. The van der Waals surface area contributed by atoms with Crippen molar-refractivity contribution in [1.82, 2.24) is 21.3 Å². The first-order valence-corrected chi connectivity index (χ1v) is 23.0. The van der Waals surface area contributed by atoms with Gasteiger partial charge in [0.05, 0.1) is 116 Å². The minimum atomic E-state index is -1.76. The number of anilines is 2. The number of amides is 5. The quantitative estimate of drug-likeness (QED) is 0.0427. The topological polar surface area (TPSA) is 302 Å². The summed E-state index contributed by atoms with van der Waals surface area (Å²) in [6.45, 7) is -4.10. The second-order valence-electron chi connectivity index (χ2n) is 11.8. The minimum Gasteiger partial charge on any atom is -0.395 e. The van der Waals surface area contributed by atoms with Gasteiger partial charge in [-0.05, 0) is 141 Å². The normalized spacial score (nSPS) is 12.4. The van der Waals surface area contributed by atoms with Crippen LogP contribution in [0.3, 0.4) is 0 Å². The van der Waals surface area contributed by atoms with Gasteiger partial charge in [0.15, 0.2) is 0 Å². The summed E-state index contributed by atoms with van der Waals surface area (Å²) in [5.41, 5.74) is 0.669. The second kappa shape index (κ2) is 26.3. The monoisotopic (exact) mass is 1480 g/mol. The van der Waals surface area contributed by atoms with Crippen LogP contribution in [0.5, 0.6) is 0 Å². The Hall–Kier alpha value is -0.190. The first-order chi connectivity index (χ1) is 27.0. The number of carbonyl (C=O) groups excluding carboxylic acids is 5. The number of carbonyl (C=O) groups is 5. The predicted molar refractivity (Wildman–Crippen MR) is 257 cm³/mol. The zero-order valence-electron chi connectivity index (χ0n) is 29.5. The van der Waals surface area contributed by atoms with Gasteiger partial charge in [-0.1, -0.05) is 0 Å². The van der Waals surface area contributed by atoms with Crippen LogP contribution in [0.15, 0.2) is 0 Å². The van der Waals surface area contributed by atoms with Crippen LogP contribution in [-0.2, 0) is 16.1 Å². The van der Waals surface area contributed by atoms with Gasteiger partial charge in [-0.15, -0.1) is 0 Å². The summed E-state index contributed by atoms with van der Waals surface area (Å²) in [6, 6.07) is -1.77. The lowest BCUT2D eigenvalue weighted by molar-refractivity contribution is -0.109. The third kappa shape index (κ3) is 13.6. The molecule has 5 amide bonds. The molecule has 2 aromatic carbocycles. The van der Waals surface area contributed by atoms with E-state index < -0.39 is 88.1 Å². The van der Waals surface area contributed by atoms with Gasteiger partial charge >= 0.3 is 0 Å². The van der Waals surface area contributed by atoms with E-state index in [-0.39, 0.29) is 68.6 Å². The number of benzene rings is 2. The lowest BCUT2D eigenvalue weighted by atomic mass is 10.0. The number of nitrogens with zero attached hydrogens (tertiary/aromatic N) is 2. The molecule has 25 heteroatoms. The average molecular weight is 1480 g/mol. The molecule has 0 heterocycles. The Morgan fingerprint density at radius 3 is 1.33 bits per heavy atom. The van der Waals surface area contributed by atoms with E-state index in [2.05, 4.69) is 21.3 Å². The van der Waals surface area contributed by atoms with Gasteiger partial charge < -0.3 is 71.9 Å². The van der Waals surface area contributed by atoms with Crippen molar-refractivity contribution in [1.29, 1.82) is 0 Å². The maximum absolute atomic E-state index is 13.5. The third-order valence-corrected chi connectivity index (χ3v) is 14.6. The molecule has 318 valence electrons. The summed E-state index contributed by atoms with van der Waals surface area (Å²) in [7, 11) is 0. The first kappa shape index (κ1) is 52.9. The zero-order valence-corrected chi connectivity index (χ0v) is 42.5. The van der Waals surface area contributed by atoms with Crippen molar-refractivity contribution >= 4 is 177 Å². The van der Waals surface area contributed by atoms with Crippen molar-refractivity contribution in [3.8, 4) is 0 Å². The van der Waals surface area contributed by atoms with Crippen molar-refractivity contribution in [2.75, 3.05) is 75.6 Å². The fraction of sp³-hybridized carbons (Fsp3) is 0.469. The number of halogens is 6. The summed E-state index contributed by atoms with van der Waals surface area (Å²) in [6.07, 6.45) is -2.80. The Morgan fingerprint density at radius 1 is 0.561 bits per heavy atom. The van der Waals surface area contributed by atoms with E-state index >= 15 is 0 Å². The lowest BCUT2D eigenvalue weighted by Gasteiger charge is -2.31. The molecular formula is C32H40I6N6O13. The average Bonchev–Trinajstić information content (AvgIpc) is 3.18. The number of hydrogen-bond acceptors (Lipinski definition) is 14. The molecular weight excluding hydrogens is 1440 g/mol. The van der Waals surface area contributed by atoms with Crippen LogP contribution in [0.1, 0.15) is 36.6 Å². The van der Waals surface area contributed by atoms with Gasteiger partial charge in [0.2, 0.25) is 12.8 Å². The number of aliphatic hydroxyl groups excluding tert-OH is 8. The molecule has 0 aliphatic rings. The van der Waals surface area contributed by atoms with Crippen LogP contribution in [0.25, 0.3) is 0 Å². The van der Waals surface area contributed by atoms with E-state index in [9.17, 15) is 64.8 Å².